The highest BCUT2D eigenvalue weighted by Gasteiger charge is 2.34. The summed E-state index contributed by atoms with van der Waals surface area (Å²) in [6.45, 7) is 8.89. The number of halogens is 3. The molecular weight excluding hydrogens is 583 g/mol. The molecule has 1 atom stereocenters. The maximum Gasteiger partial charge on any atom is 0.429 e. The van der Waals surface area contributed by atoms with E-state index in [1.165, 1.54) is 6.08 Å². The highest BCUT2D eigenvalue weighted by atomic mass is 19.1. The summed E-state index contributed by atoms with van der Waals surface area (Å²) < 4.78 is 53.7. The Kier molecular flexibility index (Phi) is 10.6. The van der Waals surface area contributed by atoms with E-state index in [1.54, 1.807) is 58.0 Å². The predicted octanol–water partition coefficient (Wildman–Crippen LogP) is 5.31. The molecule has 44 heavy (non-hydrogen) atoms. The summed E-state index contributed by atoms with van der Waals surface area (Å²) in [4.78, 5) is 53.0. The Bertz CT molecular complexity index is 1600. The molecule has 2 amide bonds. The molecule has 234 valence electrons. The molecule has 0 fully saturated rings. The molecule has 0 bridgehead atoms. The molecule has 0 saturated heterocycles. The molecular formula is C31H32F3N3O7. The molecule has 13 heteroatoms. The van der Waals surface area contributed by atoms with Crippen LogP contribution in [-0.4, -0.2) is 39.4 Å². The summed E-state index contributed by atoms with van der Waals surface area (Å²) in [6, 6.07) is 8.45. The maximum absolute atomic E-state index is 14.2. The van der Waals surface area contributed by atoms with Gasteiger partial charge in [-0.1, -0.05) is 36.4 Å². The van der Waals surface area contributed by atoms with Gasteiger partial charge in [-0.3, -0.25) is 9.59 Å². The van der Waals surface area contributed by atoms with Gasteiger partial charge in [0, 0.05) is 30.4 Å². The number of hydrogen-bond donors (Lipinski definition) is 2. The first-order valence-corrected chi connectivity index (χ1v) is 13.4. The Labute approximate surface area is 251 Å². The molecule has 1 heterocycles. The number of nitrogens with zero attached hydrogens (tertiary/aromatic N) is 2. The van der Waals surface area contributed by atoms with Crippen LogP contribution < -0.4 is 20.5 Å². The number of rotatable bonds is 11. The molecule has 0 saturated carbocycles. The topological polar surface area (TPSA) is 127 Å². The second-order valence-electron chi connectivity index (χ2n) is 10.7. The molecule has 3 aromatic rings. The monoisotopic (exact) mass is 615 g/mol. The van der Waals surface area contributed by atoms with Crippen molar-refractivity contribution in [3.8, 4) is 5.75 Å². The van der Waals surface area contributed by atoms with Crippen molar-refractivity contribution in [3.63, 3.8) is 0 Å². The van der Waals surface area contributed by atoms with Gasteiger partial charge in [-0.15, -0.1) is 6.58 Å². The van der Waals surface area contributed by atoms with E-state index in [2.05, 4.69) is 11.9 Å². The van der Waals surface area contributed by atoms with Crippen molar-refractivity contribution in [2.24, 2.45) is 0 Å². The smallest absolute Gasteiger partial charge is 0.429 e. The second kappa shape index (κ2) is 13.9. The van der Waals surface area contributed by atoms with Crippen LogP contribution in [0.2, 0.25) is 0 Å². The second-order valence-corrected chi connectivity index (χ2v) is 10.7. The summed E-state index contributed by atoms with van der Waals surface area (Å²) in [6.07, 6.45) is 1.39. The lowest BCUT2D eigenvalue weighted by molar-refractivity contribution is 0.0512. The highest BCUT2D eigenvalue weighted by Crippen LogP contribution is 2.22. The van der Waals surface area contributed by atoms with Crippen LogP contribution in [0.5, 0.6) is 5.75 Å². The van der Waals surface area contributed by atoms with Crippen molar-refractivity contribution in [3.05, 3.63) is 111 Å². The number of carbonyl (C=O) groups is 3. The van der Waals surface area contributed by atoms with E-state index >= 15 is 0 Å². The van der Waals surface area contributed by atoms with Gasteiger partial charge in [0.25, 0.3) is 5.91 Å². The fourth-order valence-corrected chi connectivity index (χ4v) is 4.10. The van der Waals surface area contributed by atoms with Crippen LogP contribution in [0.1, 0.15) is 66.1 Å². The van der Waals surface area contributed by atoms with E-state index in [-0.39, 0.29) is 13.0 Å². The minimum atomic E-state index is -1.67. The van der Waals surface area contributed by atoms with Gasteiger partial charge in [0.05, 0.1) is 6.04 Å². The minimum Gasteiger partial charge on any atom is -0.482 e. The zero-order valence-electron chi connectivity index (χ0n) is 24.5. The standard InChI is InChI=1S/C31H32F3N3O7/c1-6-10-18(2)37(30(42)44-31(3,4)5)36-16-22(28(39)35-15-21-23(33)13-20(32)14-24(21)34)26(38)27(25(36)29(40)41)43-17-19-11-8-7-9-12-19/h6-9,11-14,16,18H,1,10,15,17H2,2-5H3,(H,35,39)(H,40,41)/t18-/m1/s1. The van der Waals surface area contributed by atoms with E-state index in [0.29, 0.717) is 17.7 Å². The molecule has 1 aromatic heterocycles. The Morgan fingerprint density at radius 1 is 1.11 bits per heavy atom. The Morgan fingerprint density at radius 3 is 2.27 bits per heavy atom. The number of aromatic carboxylic acids is 1. The van der Waals surface area contributed by atoms with Crippen molar-refractivity contribution in [2.45, 2.75) is 58.9 Å². The van der Waals surface area contributed by atoms with Crippen LogP contribution >= 0.6 is 0 Å². The van der Waals surface area contributed by atoms with Gasteiger partial charge in [-0.2, -0.15) is 0 Å². The molecule has 0 aliphatic carbocycles. The molecule has 0 aliphatic heterocycles. The number of pyridine rings is 1. The van der Waals surface area contributed by atoms with Gasteiger partial charge in [-0.25, -0.2) is 32.4 Å². The number of benzene rings is 2. The lowest BCUT2D eigenvalue weighted by Gasteiger charge is -2.34. The number of aromatic nitrogens is 1. The normalized spacial score (nSPS) is 11.8. The number of amides is 2. The van der Waals surface area contributed by atoms with Crippen LogP contribution in [0.15, 0.2) is 66.1 Å². The summed E-state index contributed by atoms with van der Waals surface area (Å²) in [5, 5.41) is 13.3. The largest absolute Gasteiger partial charge is 0.482 e. The number of carbonyl (C=O) groups excluding carboxylic acids is 2. The molecule has 10 nitrogen and oxygen atoms in total. The van der Waals surface area contributed by atoms with E-state index in [4.69, 9.17) is 9.47 Å². The molecule has 0 spiro atoms. The van der Waals surface area contributed by atoms with Crippen molar-refractivity contribution < 1.29 is 42.1 Å². The van der Waals surface area contributed by atoms with Gasteiger partial charge in [0.15, 0.2) is 5.69 Å². The predicted molar refractivity (Wildman–Crippen MR) is 155 cm³/mol. The number of carboxylic acid groups (broad SMARTS) is 1. The third kappa shape index (κ3) is 8.06. The molecule has 3 rings (SSSR count). The van der Waals surface area contributed by atoms with E-state index in [1.807, 2.05) is 0 Å². The van der Waals surface area contributed by atoms with Crippen LogP contribution in [0.3, 0.4) is 0 Å². The first kappa shape index (κ1) is 33.4. The number of hydrogen-bond acceptors (Lipinski definition) is 6. The van der Waals surface area contributed by atoms with Gasteiger partial charge in [0.2, 0.25) is 11.2 Å². The summed E-state index contributed by atoms with van der Waals surface area (Å²) in [7, 11) is 0. The summed E-state index contributed by atoms with van der Waals surface area (Å²) in [5.74, 6) is -7.36. The van der Waals surface area contributed by atoms with Crippen molar-refractivity contribution in [1.29, 1.82) is 0 Å². The quantitative estimate of drug-likeness (QED) is 0.280. The lowest BCUT2D eigenvalue weighted by Crippen LogP contribution is -2.51. The van der Waals surface area contributed by atoms with E-state index in [0.717, 1.165) is 15.9 Å². The SMILES string of the molecule is C=CC[C@@H](C)N(C(=O)OC(C)(C)C)n1cc(C(=O)NCc2c(F)cc(F)cc2F)c(=O)c(OCc2ccccc2)c1C(=O)O. The zero-order chi connectivity index (χ0) is 32.8. The van der Waals surface area contributed by atoms with Gasteiger partial charge in [0.1, 0.15) is 35.2 Å². The first-order valence-electron chi connectivity index (χ1n) is 13.4. The molecule has 0 unspecified atom stereocenters. The first-order chi connectivity index (χ1) is 20.6. The van der Waals surface area contributed by atoms with E-state index in [9.17, 15) is 37.5 Å². The van der Waals surface area contributed by atoms with Gasteiger partial charge < -0.3 is 19.9 Å². The van der Waals surface area contributed by atoms with Crippen molar-refractivity contribution in [1.82, 2.24) is 9.99 Å². The maximum atomic E-state index is 14.2. The highest BCUT2D eigenvalue weighted by molar-refractivity contribution is 5.97. The fraction of sp³-hybridized carbons (Fsp3) is 0.290. The average Bonchev–Trinajstić information content (AvgIpc) is 2.91. The molecule has 2 aromatic carbocycles. The zero-order valence-corrected chi connectivity index (χ0v) is 24.5. The molecule has 0 radical (unpaired) electrons. The third-order valence-corrected chi connectivity index (χ3v) is 6.09. The fourth-order valence-electron chi connectivity index (χ4n) is 4.10. The number of nitrogens with one attached hydrogen (secondary N) is 1. The van der Waals surface area contributed by atoms with Gasteiger partial charge in [-0.05, 0) is 39.7 Å². The molecule has 0 aliphatic rings. The Balaban J connectivity index is 2.22. The third-order valence-electron chi connectivity index (χ3n) is 6.09. The van der Waals surface area contributed by atoms with Crippen LogP contribution in [0.4, 0.5) is 18.0 Å². The lowest BCUT2D eigenvalue weighted by atomic mass is 10.1. The number of ether oxygens (including phenoxy) is 2. The van der Waals surface area contributed by atoms with Crippen LogP contribution in [0.25, 0.3) is 0 Å². The van der Waals surface area contributed by atoms with Crippen LogP contribution in [-0.2, 0) is 17.9 Å². The summed E-state index contributed by atoms with van der Waals surface area (Å²) in [5.41, 5.74) is -3.84. The van der Waals surface area contributed by atoms with Crippen molar-refractivity contribution >= 4 is 18.0 Å². The minimum absolute atomic E-state index is 0.134. The Morgan fingerprint density at radius 2 is 1.73 bits per heavy atom. The summed E-state index contributed by atoms with van der Waals surface area (Å²) >= 11 is 0. The number of carboxylic acids is 1. The van der Waals surface area contributed by atoms with Gasteiger partial charge >= 0.3 is 12.1 Å². The van der Waals surface area contributed by atoms with E-state index < -0.39 is 81.6 Å². The Hall–Kier alpha value is -5.07. The molecule has 2 N–H and O–H groups in total. The average molecular weight is 616 g/mol. The van der Waals surface area contributed by atoms with Crippen LogP contribution in [0, 0.1) is 17.5 Å². The van der Waals surface area contributed by atoms with Crippen molar-refractivity contribution in [2.75, 3.05) is 5.01 Å².